The lowest BCUT2D eigenvalue weighted by molar-refractivity contribution is 0.102. The van der Waals surface area contributed by atoms with Crippen LogP contribution in [0.2, 0.25) is 0 Å². The number of nitrogens with one attached hydrogen (secondary N) is 1. The van der Waals surface area contributed by atoms with E-state index in [1.165, 1.54) is 22.8 Å². The molecule has 2 aliphatic heterocycles. The van der Waals surface area contributed by atoms with Gasteiger partial charge in [0, 0.05) is 54.6 Å². The van der Waals surface area contributed by atoms with Crippen LogP contribution in [0.4, 0.5) is 11.4 Å². The van der Waals surface area contributed by atoms with Crippen molar-refractivity contribution in [3.05, 3.63) is 59.7 Å². The topological polar surface area (TPSA) is 35.6 Å². The number of carbonyl (C=O) groups excluding carboxylic acids is 1. The van der Waals surface area contributed by atoms with Crippen LogP contribution in [0.25, 0.3) is 0 Å². The number of anilines is 2. The molecule has 0 aliphatic carbocycles. The largest absolute Gasteiger partial charge is 0.369 e. The molecular weight excluding hydrogens is 374 g/mol. The molecule has 4 rings (SSSR count). The number of rotatable bonds is 4. The van der Waals surface area contributed by atoms with Gasteiger partial charge in [0.05, 0.1) is 4.58 Å². The van der Waals surface area contributed by atoms with Gasteiger partial charge in [-0.2, -0.15) is 0 Å². The Morgan fingerprint density at radius 3 is 2.19 bits per heavy atom. The number of hydrogen-bond acceptors (Lipinski definition) is 5. The Hall–Kier alpha value is -1.63. The summed E-state index contributed by atoms with van der Waals surface area (Å²) in [5.74, 6) is 2.37. The van der Waals surface area contributed by atoms with Gasteiger partial charge in [0.1, 0.15) is 0 Å². The van der Waals surface area contributed by atoms with E-state index in [4.69, 9.17) is 0 Å². The van der Waals surface area contributed by atoms with Crippen LogP contribution in [-0.4, -0.2) is 55.5 Å². The highest BCUT2D eigenvalue weighted by atomic mass is 32.2. The maximum atomic E-state index is 12.5. The van der Waals surface area contributed by atoms with E-state index in [2.05, 4.69) is 46.4 Å². The van der Waals surface area contributed by atoms with Crippen molar-refractivity contribution < 1.29 is 4.79 Å². The summed E-state index contributed by atoms with van der Waals surface area (Å²) >= 11 is 3.96. The third-order valence-electron chi connectivity index (χ3n) is 5.06. The third-order valence-corrected chi connectivity index (χ3v) is 8.16. The first kappa shape index (κ1) is 18.7. The molecule has 2 aromatic carbocycles. The Labute approximate surface area is 169 Å². The van der Waals surface area contributed by atoms with E-state index in [9.17, 15) is 4.79 Å². The Morgan fingerprint density at radius 2 is 1.56 bits per heavy atom. The number of benzene rings is 2. The first-order valence-electron chi connectivity index (χ1n) is 9.37. The second-order valence-electron chi connectivity index (χ2n) is 6.99. The maximum Gasteiger partial charge on any atom is 0.255 e. The van der Waals surface area contributed by atoms with E-state index in [0.29, 0.717) is 10.1 Å². The third kappa shape index (κ3) is 4.62. The van der Waals surface area contributed by atoms with E-state index < -0.39 is 0 Å². The highest BCUT2D eigenvalue weighted by Crippen LogP contribution is 2.45. The van der Waals surface area contributed by atoms with Crippen molar-refractivity contribution in [3.63, 3.8) is 0 Å². The van der Waals surface area contributed by atoms with Crippen molar-refractivity contribution in [1.82, 2.24) is 4.90 Å². The fourth-order valence-corrected chi connectivity index (χ4v) is 6.23. The van der Waals surface area contributed by atoms with Crippen LogP contribution >= 0.6 is 23.5 Å². The smallest absolute Gasteiger partial charge is 0.255 e. The standard InChI is InChI=1S/C21H25N3OS2/c1-23-10-12-24(13-11-23)19-8-6-18(7-9-19)22-20(25)16-2-4-17(5-3-16)21-26-14-15-27-21/h2-9,21H,10-15H2,1H3,(H,22,25). The Bertz CT molecular complexity index is 765. The molecule has 0 radical (unpaired) electrons. The van der Waals surface area contributed by atoms with Gasteiger partial charge in [-0.1, -0.05) is 12.1 Å². The number of hydrogen-bond donors (Lipinski definition) is 1. The highest BCUT2D eigenvalue weighted by molar-refractivity contribution is 8.19. The summed E-state index contributed by atoms with van der Waals surface area (Å²) in [7, 11) is 2.16. The lowest BCUT2D eigenvalue weighted by Gasteiger charge is -2.34. The molecule has 0 aromatic heterocycles. The molecule has 2 saturated heterocycles. The molecule has 1 N–H and O–H groups in total. The van der Waals surface area contributed by atoms with Gasteiger partial charge in [-0.25, -0.2) is 0 Å². The van der Waals surface area contributed by atoms with Gasteiger partial charge in [0.25, 0.3) is 5.91 Å². The Morgan fingerprint density at radius 1 is 0.926 bits per heavy atom. The van der Waals surface area contributed by atoms with Crippen LogP contribution in [0.3, 0.4) is 0 Å². The van der Waals surface area contributed by atoms with E-state index in [0.717, 1.165) is 31.9 Å². The molecule has 0 atom stereocenters. The molecule has 0 spiro atoms. The van der Waals surface area contributed by atoms with E-state index in [1.54, 1.807) is 0 Å². The number of nitrogens with zero attached hydrogens (tertiary/aromatic N) is 2. The zero-order valence-electron chi connectivity index (χ0n) is 15.6. The number of thioether (sulfide) groups is 2. The molecule has 2 aliphatic rings. The lowest BCUT2D eigenvalue weighted by atomic mass is 10.1. The van der Waals surface area contributed by atoms with E-state index in [-0.39, 0.29) is 5.91 Å². The molecule has 27 heavy (non-hydrogen) atoms. The van der Waals surface area contributed by atoms with Crippen molar-refractivity contribution in [1.29, 1.82) is 0 Å². The van der Waals surface area contributed by atoms with Crippen molar-refractivity contribution in [2.24, 2.45) is 0 Å². The summed E-state index contributed by atoms with van der Waals surface area (Å²) in [5, 5.41) is 3.01. The van der Waals surface area contributed by atoms with Crippen LogP contribution in [-0.2, 0) is 0 Å². The molecule has 2 heterocycles. The van der Waals surface area contributed by atoms with Crippen LogP contribution < -0.4 is 10.2 Å². The number of piperazine rings is 1. The highest BCUT2D eigenvalue weighted by Gasteiger charge is 2.18. The second-order valence-corrected chi connectivity index (χ2v) is 9.71. The first-order valence-corrected chi connectivity index (χ1v) is 11.5. The quantitative estimate of drug-likeness (QED) is 0.835. The fraction of sp³-hybridized carbons (Fsp3) is 0.381. The van der Waals surface area contributed by atoms with Crippen molar-refractivity contribution in [3.8, 4) is 0 Å². The predicted molar refractivity (Wildman–Crippen MR) is 118 cm³/mol. The molecule has 142 valence electrons. The molecule has 2 fully saturated rings. The zero-order valence-corrected chi connectivity index (χ0v) is 17.2. The van der Waals surface area contributed by atoms with Crippen molar-refractivity contribution in [2.75, 3.05) is 54.9 Å². The van der Waals surface area contributed by atoms with Gasteiger partial charge in [-0.05, 0) is 49.0 Å². The van der Waals surface area contributed by atoms with Gasteiger partial charge in [-0.15, -0.1) is 23.5 Å². The summed E-state index contributed by atoms with van der Waals surface area (Å²) in [5.41, 5.74) is 4.06. The predicted octanol–water partition coefficient (Wildman–Crippen LogP) is 4.17. The molecule has 2 aromatic rings. The number of amides is 1. The minimum atomic E-state index is -0.0550. The Kier molecular flexibility index (Phi) is 5.95. The average molecular weight is 400 g/mol. The maximum absolute atomic E-state index is 12.5. The Balaban J connectivity index is 1.36. The van der Waals surface area contributed by atoms with E-state index in [1.807, 2.05) is 47.8 Å². The summed E-state index contributed by atoms with van der Waals surface area (Å²) < 4.78 is 0.518. The van der Waals surface area contributed by atoms with Crippen molar-refractivity contribution >= 4 is 40.8 Å². The zero-order chi connectivity index (χ0) is 18.6. The van der Waals surface area contributed by atoms with Crippen LogP contribution in [0, 0.1) is 0 Å². The lowest BCUT2D eigenvalue weighted by Crippen LogP contribution is -2.44. The number of carbonyl (C=O) groups is 1. The van der Waals surface area contributed by atoms with Crippen LogP contribution in [0.5, 0.6) is 0 Å². The summed E-state index contributed by atoms with van der Waals surface area (Å²) in [6.07, 6.45) is 0. The van der Waals surface area contributed by atoms with Gasteiger partial charge in [0.2, 0.25) is 0 Å². The van der Waals surface area contributed by atoms with Gasteiger partial charge in [-0.3, -0.25) is 4.79 Å². The minimum absolute atomic E-state index is 0.0550. The molecule has 0 unspecified atom stereocenters. The van der Waals surface area contributed by atoms with Gasteiger partial charge in [0.15, 0.2) is 0 Å². The SMILES string of the molecule is CN1CCN(c2ccc(NC(=O)c3ccc(C4SCCS4)cc3)cc2)CC1. The molecule has 1 amide bonds. The summed E-state index contributed by atoms with van der Waals surface area (Å²) in [6, 6.07) is 16.2. The second kappa shape index (κ2) is 8.59. The molecule has 0 saturated carbocycles. The molecular formula is C21H25N3OS2. The fourth-order valence-electron chi connectivity index (χ4n) is 3.37. The van der Waals surface area contributed by atoms with Crippen LogP contribution in [0.15, 0.2) is 48.5 Å². The number of likely N-dealkylation sites (N-methyl/N-ethyl adjacent to an activating group) is 1. The average Bonchev–Trinajstić information content (AvgIpc) is 3.24. The van der Waals surface area contributed by atoms with Crippen molar-refractivity contribution in [2.45, 2.75) is 4.58 Å². The van der Waals surface area contributed by atoms with Gasteiger partial charge >= 0.3 is 0 Å². The normalized spacial score (nSPS) is 18.6. The molecule has 4 nitrogen and oxygen atoms in total. The summed E-state index contributed by atoms with van der Waals surface area (Å²) in [6.45, 7) is 4.27. The molecule has 6 heteroatoms. The monoisotopic (exact) mass is 399 g/mol. The molecule has 0 bridgehead atoms. The van der Waals surface area contributed by atoms with Crippen LogP contribution in [0.1, 0.15) is 20.5 Å². The first-order chi connectivity index (χ1) is 13.2. The van der Waals surface area contributed by atoms with Gasteiger partial charge < -0.3 is 15.1 Å². The van der Waals surface area contributed by atoms with E-state index >= 15 is 0 Å². The minimum Gasteiger partial charge on any atom is -0.369 e. The summed E-state index contributed by atoms with van der Waals surface area (Å²) in [4.78, 5) is 17.3.